The Kier molecular flexibility index (Phi) is 4.14. The van der Waals surface area contributed by atoms with Gasteiger partial charge < -0.3 is 10.1 Å². The summed E-state index contributed by atoms with van der Waals surface area (Å²) < 4.78 is 24.9. The lowest BCUT2D eigenvalue weighted by molar-refractivity contribution is 0.201. The number of aromatic nitrogens is 2. The number of aryl methyl sites for hydroxylation is 1. The molecule has 0 fully saturated rings. The number of halogens is 1. The first-order chi connectivity index (χ1) is 10.9. The summed E-state index contributed by atoms with van der Waals surface area (Å²) in [7, 11) is -3.74. The average molecular weight is 351 g/mol. The van der Waals surface area contributed by atoms with Gasteiger partial charge in [-0.05, 0) is 36.2 Å². The lowest BCUT2D eigenvalue weighted by Gasteiger charge is -2.11. The molecular formula is C16H15ClN2O3S. The van der Waals surface area contributed by atoms with Crippen LogP contribution in [0.25, 0.3) is 11.0 Å². The van der Waals surface area contributed by atoms with Crippen LogP contribution in [0, 0.1) is 6.92 Å². The fourth-order valence-corrected chi connectivity index (χ4v) is 3.72. The van der Waals surface area contributed by atoms with Gasteiger partial charge in [0.25, 0.3) is 0 Å². The molecule has 5 nitrogen and oxygen atoms in total. The number of hydrogen-bond acceptors (Lipinski definition) is 4. The van der Waals surface area contributed by atoms with Crippen LogP contribution in [-0.2, 0) is 9.84 Å². The Hall–Kier alpha value is -1.89. The van der Waals surface area contributed by atoms with E-state index in [4.69, 9.17) is 11.6 Å². The van der Waals surface area contributed by atoms with Crippen molar-refractivity contribution in [2.75, 3.05) is 5.75 Å². The first kappa shape index (κ1) is 16.0. The highest BCUT2D eigenvalue weighted by Crippen LogP contribution is 2.24. The van der Waals surface area contributed by atoms with E-state index in [0.29, 0.717) is 21.6 Å². The van der Waals surface area contributed by atoms with E-state index in [1.54, 1.807) is 49.4 Å². The van der Waals surface area contributed by atoms with Crippen molar-refractivity contribution in [3.05, 3.63) is 58.6 Å². The highest BCUT2D eigenvalue weighted by molar-refractivity contribution is 7.91. The van der Waals surface area contributed by atoms with Crippen molar-refractivity contribution in [1.82, 2.24) is 9.97 Å². The van der Waals surface area contributed by atoms with Crippen LogP contribution in [0.15, 0.2) is 47.6 Å². The molecule has 0 saturated carbocycles. The predicted molar refractivity (Wildman–Crippen MR) is 89.3 cm³/mol. The number of imidazole rings is 1. The highest BCUT2D eigenvalue weighted by Gasteiger charge is 2.24. The number of para-hydroxylation sites is 2. The Bertz CT molecular complexity index is 933. The zero-order valence-electron chi connectivity index (χ0n) is 12.3. The third-order valence-electron chi connectivity index (χ3n) is 3.61. The molecule has 7 heteroatoms. The van der Waals surface area contributed by atoms with Gasteiger partial charge in [-0.3, -0.25) is 0 Å². The van der Waals surface area contributed by atoms with Gasteiger partial charge in [-0.2, -0.15) is 0 Å². The summed E-state index contributed by atoms with van der Waals surface area (Å²) in [5.41, 5.74) is 2.50. The second-order valence-corrected chi connectivity index (χ2v) is 7.72. The molecule has 1 aromatic heterocycles. The number of aromatic amines is 1. The number of benzene rings is 2. The van der Waals surface area contributed by atoms with Crippen molar-refractivity contribution >= 4 is 32.5 Å². The maximum absolute atomic E-state index is 12.5. The monoisotopic (exact) mass is 350 g/mol. The number of sulfone groups is 1. The van der Waals surface area contributed by atoms with E-state index < -0.39 is 21.7 Å². The van der Waals surface area contributed by atoms with Crippen LogP contribution in [0.3, 0.4) is 0 Å². The van der Waals surface area contributed by atoms with Gasteiger partial charge in [-0.15, -0.1) is 0 Å². The van der Waals surface area contributed by atoms with Gasteiger partial charge in [0.05, 0.1) is 22.9 Å². The van der Waals surface area contributed by atoms with E-state index in [9.17, 15) is 13.5 Å². The van der Waals surface area contributed by atoms with Gasteiger partial charge in [0, 0.05) is 5.02 Å². The Labute approximate surface area is 138 Å². The summed E-state index contributed by atoms with van der Waals surface area (Å²) in [4.78, 5) is 6.87. The topological polar surface area (TPSA) is 83.0 Å². The molecule has 2 N–H and O–H groups in total. The molecule has 0 amide bonds. The second-order valence-electron chi connectivity index (χ2n) is 5.36. The minimum Gasteiger partial charge on any atom is -0.387 e. The number of rotatable bonds is 4. The van der Waals surface area contributed by atoms with Crippen LogP contribution in [0.4, 0.5) is 0 Å². The molecule has 3 rings (SSSR count). The standard InChI is InChI=1S/C16H15ClN2O3S/c1-10-8-11(6-7-12(10)17)15(20)9-23(21,22)16-18-13-4-2-3-5-14(13)19-16/h2-8,15,20H,9H2,1H3,(H,18,19). The highest BCUT2D eigenvalue weighted by atomic mass is 35.5. The third kappa shape index (κ3) is 3.24. The molecule has 0 aliphatic rings. The number of nitrogens with one attached hydrogen (secondary N) is 1. The summed E-state index contributed by atoms with van der Waals surface area (Å²) in [6.45, 7) is 1.80. The molecule has 0 aliphatic heterocycles. The normalized spacial score (nSPS) is 13.3. The molecule has 2 aromatic carbocycles. The van der Waals surface area contributed by atoms with Crippen LogP contribution < -0.4 is 0 Å². The summed E-state index contributed by atoms with van der Waals surface area (Å²) in [6, 6.07) is 12.0. The molecule has 3 aromatic rings. The number of H-pyrrole nitrogens is 1. The van der Waals surface area contributed by atoms with Gasteiger partial charge >= 0.3 is 0 Å². The third-order valence-corrected chi connectivity index (χ3v) is 5.57. The van der Waals surface area contributed by atoms with Gasteiger partial charge in [0.1, 0.15) is 0 Å². The molecule has 0 radical (unpaired) electrons. The zero-order valence-corrected chi connectivity index (χ0v) is 13.9. The van der Waals surface area contributed by atoms with E-state index >= 15 is 0 Å². The van der Waals surface area contributed by atoms with E-state index in [2.05, 4.69) is 9.97 Å². The SMILES string of the molecule is Cc1cc(C(O)CS(=O)(=O)c2nc3ccccc3[nH]2)ccc1Cl. The van der Waals surface area contributed by atoms with Crippen molar-refractivity contribution in [2.24, 2.45) is 0 Å². The minimum absolute atomic E-state index is 0.136. The smallest absolute Gasteiger partial charge is 0.226 e. The largest absolute Gasteiger partial charge is 0.387 e. The summed E-state index contributed by atoms with van der Waals surface area (Å²) >= 11 is 5.94. The van der Waals surface area contributed by atoms with Crippen molar-refractivity contribution in [3.63, 3.8) is 0 Å². The molecule has 0 bridgehead atoms. The molecule has 120 valence electrons. The number of fused-ring (bicyclic) bond motifs is 1. The maximum Gasteiger partial charge on any atom is 0.226 e. The summed E-state index contributed by atoms with van der Waals surface area (Å²) in [5.74, 6) is -0.451. The van der Waals surface area contributed by atoms with Crippen molar-refractivity contribution in [1.29, 1.82) is 0 Å². The zero-order chi connectivity index (χ0) is 16.6. The van der Waals surface area contributed by atoms with Crippen molar-refractivity contribution in [2.45, 2.75) is 18.2 Å². The number of aliphatic hydroxyl groups is 1. The lowest BCUT2D eigenvalue weighted by Crippen LogP contribution is -2.16. The average Bonchev–Trinajstić information content (AvgIpc) is 2.94. The fourth-order valence-electron chi connectivity index (χ4n) is 2.33. The second kappa shape index (κ2) is 5.96. The quantitative estimate of drug-likeness (QED) is 0.757. The van der Waals surface area contributed by atoms with E-state index in [1.807, 2.05) is 0 Å². The van der Waals surface area contributed by atoms with Gasteiger partial charge in [-0.25, -0.2) is 13.4 Å². The molecule has 0 saturated heterocycles. The van der Waals surface area contributed by atoms with Gasteiger partial charge in [0.15, 0.2) is 0 Å². The van der Waals surface area contributed by atoms with Crippen LogP contribution >= 0.6 is 11.6 Å². The van der Waals surface area contributed by atoms with Crippen molar-refractivity contribution in [3.8, 4) is 0 Å². The molecule has 0 aliphatic carbocycles. The molecule has 0 spiro atoms. The first-order valence-corrected chi connectivity index (χ1v) is 9.01. The Morgan fingerprint density at radius 3 is 2.70 bits per heavy atom. The molecule has 1 unspecified atom stereocenters. The van der Waals surface area contributed by atoms with Crippen molar-refractivity contribution < 1.29 is 13.5 Å². The van der Waals surface area contributed by atoms with Crippen LogP contribution in [0.2, 0.25) is 5.02 Å². The fraction of sp³-hybridized carbons (Fsp3) is 0.188. The van der Waals surface area contributed by atoms with E-state index in [-0.39, 0.29) is 5.16 Å². The summed E-state index contributed by atoms with van der Waals surface area (Å²) in [5, 5.41) is 10.7. The predicted octanol–water partition coefficient (Wildman–Crippen LogP) is 3.03. The number of aliphatic hydroxyl groups excluding tert-OH is 1. The first-order valence-electron chi connectivity index (χ1n) is 6.98. The summed E-state index contributed by atoms with van der Waals surface area (Å²) in [6.07, 6.45) is -1.15. The Morgan fingerprint density at radius 2 is 2.00 bits per heavy atom. The van der Waals surface area contributed by atoms with Crippen LogP contribution in [0.5, 0.6) is 0 Å². The molecule has 23 heavy (non-hydrogen) atoms. The number of nitrogens with zero attached hydrogens (tertiary/aromatic N) is 1. The maximum atomic E-state index is 12.5. The van der Waals surface area contributed by atoms with Gasteiger partial charge in [0.2, 0.25) is 15.0 Å². The van der Waals surface area contributed by atoms with Crippen LogP contribution in [-0.4, -0.2) is 29.2 Å². The molecule has 1 atom stereocenters. The Balaban J connectivity index is 1.89. The van der Waals surface area contributed by atoms with E-state index in [1.165, 1.54) is 0 Å². The number of hydrogen-bond donors (Lipinski definition) is 2. The van der Waals surface area contributed by atoms with Crippen LogP contribution in [0.1, 0.15) is 17.2 Å². The van der Waals surface area contributed by atoms with Gasteiger partial charge in [-0.1, -0.05) is 35.9 Å². The minimum atomic E-state index is -3.74. The molecular weight excluding hydrogens is 336 g/mol. The Morgan fingerprint density at radius 1 is 1.26 bits per heavy atom. The molecule has 1 heterocycles. The van der Waals surface area contributed by atoms with E-state index in [0.717, 1.165) is 5.56 Å². The lowest BCUT2D eigenvalue weighted by atomic mass is 10.1.